The van der Waals surface area contributed by atoms with E-state index in [4.69, 9.17) is 4.42 Å². The molecule has 2 heterocycles. The molecule has 0 spiro atoms. The summed E-state index contributed by atoms with van der Waals surface area (Å²) in [7, 11) is 0. The Hall–Kier alpha value is -3.94. The molecule has 1 saturated heterocycles. The molecule has 32 heavy (non-hydrogen) atoms. The Morgan fingerprint density at radius 2 is 1.94 bits per heavy atom. The molecule has 3 aromatic rings. The van der Waals surface area contributed by atoms with Crippen LogP contribution < -0.4 is 15.5 Å². The van der Waals surface area contributed by atoms with Crippen LogP contribution in [0.15, 0.2) is 65.3 Å². The molecular weight excluding hydrogens is 413 g/mol. The number of hydrogen-bond acceptors (Lipinski definition) is 4. The fourth-order valence-electron chi connectivity index (χ4n) is 3.52. The Kier molecular flexibility index (Phi) is 6.02. The van der Waals surface area contributed by atoms with Crippen molar-refractivity contribution in [2.45, 2.75) is 19.9 Å². The highest BCUT2D eigenvalue weighted by Crippen LogP contribution is 2.26. The van der Waals surface area contributed by atoms with Crippen molar-refractivity contribution >= 4 is 29.1 Å². The van der Waals surface area contributed by atoms with Crippen LogP contribution in [0, 0.1) is 18.7 Å². The second-order valence-corrected chi connectivity index (χ2v) is 7.69. The molecule has 164 valence electrons. The van der Waals surface area contributed by atoms with Crippen LogP contribution in [-0.4, -0.2) is 24.3 Å². The number of carbonyl (C=O) groups is 3. The van der Waals surface area contributed by atoms with E-state index in [1.807, 2.05) is 0 Å². The Labute approximate surface area is 184 Å². The second-order valence-electron chi connectivity index (χ2n) is 7.69. The maximum atomic E-state index is 13.8. The molecule has 2 aromatic carbocycles. The van der Waals surface area contributed by atoms with Crippen molar-refractivity contribution < 1.29 is 23.2 Å². The number of amides is 3. The average Bonchev–Trinajstić information content (AvgIpc) is 3.45. The smallest absolute Gasteiger partial charge is 0.291 e. The van der Waals surface area contributed by atoms with Crippen LogP contribution in [0.4, 0.5) is 15.8 Å². The fraction of sp³-hybridized carbons (Fsp3) is 0.208. The first-order chi connectivity index (χ1) is 15.4. The lowest BCUT2D eigenvalue weighted by Gasteiger charge is -2.17. The van der Waals surface area contributed by atoms with Crippen molar-refractivity contribution in [1.29, 1.82) is 0 Å². The average molecular weight is 435 g/mol. The van der Waals surface area contributed by atoms with Gasteiger partial charge in [-0.2, -0.15) is 0 Å². The van der Waals surface area contributed by atoms with Gasteiger partial charge in [-0.15, -0.1) is 0 Å². The largest absolute Gasteiger partial charge is 0.459 e. The predicted octanol–water partition coefficient (Wildman–Crippen LogP) is 3.65. The molecule has 0 unspecified atom stereocenters. The molecule has 0 radical (unpaired) electrons. The van der Waals surface area contributed by atoms with Crippen LogP contribution >= 0.6 is 0 Å². The molecule has 3 amide bonds. The Morgan fingerprint density at radius 3 is 2.62 bits per heavy atom. The summed E-state index contributed by atoms with van der Waals surface area (Å²) in [6.07, 6.45) is 1.51. The quantitative estimate of drug-likeness (QED) is 0.618. The van der Waals surface area contributed by atoms with Crippen molar-refractivity contribution in [3.63, 3.8) is 0 Å². The van der Waals surface area contributed by atoms with Gasteiger partial charge in [0.2, 0.25) is 11.8 Å². The lowest BCUT2D eigenvalue weighted by Crippen LogP contribution is -2.32. The first-order valence-corrected chi connectivity index (χ1v) is 10.2. The van der Waals surface area contributed by atoms with Crippen LogP contribution in [0.3, 0.4) is 0 Å². The van der Waals surface area contributed by atoms with E-state index in [-0.39, 0.29) is 48.8 Å². The van der Waals surface area contributed by atoms with E-state index in [0.717, 1.165) is 5.56 Å². The summed E-state index contributed by atoms with van der Waals surface area (Å²) in [4.78, 5) is 38.4. The second kappa shape index (κ2) is 9.05. The predicted molar refractivity (Wildman–Crippen MR) is 117 cm³/mol. The molecule has 0 aliphatic carbocycles. The third-order valence-corrected chi connectivity index (χ3v) is 5.39. The van der Waals surface area contributed by atoms with Gasteiger partial charge in [0, 0.05) is 30.9 Å². The highest BCUT2D eigenvalue weighted by atomic mass is 19.1. The third kappa shape index (κ3) is 4.69. The number of rotatable bonds is 6. The minimum atomic E-state index is -0.501. The zero-order valence-electron chi connectivity index (χ0n) is 17.4. The zero-order valence-corrected chi connectivity index (χ0v) is 17.4. The fourth-order valence-corrected chi connectivity index (χ4v) is 3.52. The van der Waals surface area contributed by atoms with Gasteiger partial charge in [0.05, 0.1) is 12.2 Å². The molecular formula is C24H22FN3O4. The van der Waals surface area contributed by atoms with E-state index in [1.165, 1.54) is 17.2 Å². The number of halogens is 1. The van der Waals surface area contributed by atoms with Crippen molar-refractivity contribution in [3.8, 4) is 0 Å². The Morgan fingerprint density at radius 1 is 1.16 bits per heavy atom. The molecule has 8 heteroatoms. The van der Waals surface area contributed by atoms with E-state index in [1.54, 1.807) is 55.5 Å². The summed E-state index contributed by atoms with van der Waals surface area (Å²) >= 11 is 0. The normalized spacial score (nSPS) is 15.6. The van der Waals surface area contributed by atoms with Gasteiger partial charge in [-0.25, -0.2) is 4.39 Å². The molecule has 7 nitrogen and oxygen atoms in total. The van der Waals surface area contributed by atoms with Crippen molar-refractivity contribution in [2.75, 3.05) is 16.8 Å². The molecule has 1 aromatic heterocycles. The van der Waals surface area contributed by atoms with Gasteiger partial charge in [0.25, 0.3) is 5.91 Å². The van der Waals surface area contributed by atoms with Gasteiger partial charge in [-0.3, -0.25) is 14.4 Å². The van der Waals surface area contributed by atoms with Crippen molar-refractivity contribution in [3.05, 3.63) is 83.6 Å². The van der Waals surface area contributed by atoms with Gasteiger partial charge >= 0.3 is 0 Å². The molecule has 2 N–H and O–H groups in total. The third-order valence-electron chi connectivity index (χ3n) is 5.39. The minimum absolute atomic E-state index is 0.0824. The first-order valence-electron chi connectivity index (χ1n) is 10.2. The number of carbonyl (C=O) groups excluding carboxylic acids is 3. The SMILES string of the molecule is Cc1ccc(N2C[C@H](C(=O)NCc3ccc(NC(=O)c4ccco4)cc3)CC2=O)cc1F. The lowest BCUT2D eigenvalue weighted by molar-refractivity contribution is -0.126. The van der Waals surface area contributed by atoms with Crippen LogP contribution in [0.2, 0.25) is 0 Å². The van der Waals surface area contributed by atoms with E-state index in [9.17, 15) is 18.8 Å². The Balaban J connectivity index is 1.30. The number of aryl methyl sites for hydroxylation is 1. The maximum Gasteiger partial charge on any atom is 0.291 e. The maximum absolute atomic E-state index is 13.8. The zero-order chi connectivity index (χ0) is 22.7. The number of furan rings is 1. The van der Waals surface area contributed by atoms with Gasteiger partial charge in [-0.1, -0.05) is 18.2 Å². The summed E-state index contributed by atoms with van der Waals surface area (Å²) in [6, 6.07) is 14.9. The standard InChI is InChI=1S/C24H22FN3O4/c1-15-4-9-19(12-20(15)25)28-14-17(11-22(28)29)23(30)26-13-16-5-7-18(8-6-16)27-24(31)21-3-2-10-32-21/h2-10,12,17H,11,13-14H2,1H3,(H,26,30)(H,27,31)/t17-/m1/s1. The van der Waals surface area contributed by atoms with Crippen molar-refractivity contribution in [1.82, 2.24) is 5.32 Å². The van der Waals surface area contributed by atoms with Gasteiger partial charge in [0.1, 0.15) is 5.82 Å². The molecule has 0 bridgehead atoms. The van der Waals surface area contributed by atoms with Gasteiger partial charge < -0.3 is 20.0 Å². The molecule has 1 aliphatic heterocycles. The summed E-state index contributed by atoms with van der Waals surface area (Å²) in [5.41, 5.74) is 2.40. The Bertz CT molecular complexity index is 1140. The van der Waals surface area contributed by atoms with Gasteiger partial charge in [-0.05, 0) is 54.4 Å². The summed E-state index contributed by atoms with van der Waals surface area (Å²) < 4.78 is 18.9. The number of nitrogens with one attached hydrogen (secondary N) is 2. The monoisotopic (exact) mass is 435 g/mol. The first kappa shape index (κ1) is 21.3. The van der Waals surface area contributed by atoms with E-state index >= 15 is 0 Å². The molecule has 1 fully saturated rings. The highest BCUT2D eigenvalue weighted by molar-refractivity contribution is 6.02. The van der Waals surface area contributed by atoms with Crippen LogP contribution in [0.5, 0.6) is 0 Å². The van der Waals surface area contributed by atoms with Crippen molar-refractivity contribution in [2.24, 2.45) is 5.92 Å². The number of nitrogens with zero attached hydrogens (tertiary/aromatic N) is 1. The molecule has 1 atom stereocenters. The summed E-state index contributed by atoms with van der Waals surface area (Å²) in [5.74, 6) is -1.45. The summed E-state index contributed by atoms with van der Waals surface area (Å²) in [6.45, 7) is 2.15. The number of anilines is 2. The van der Waals surface area contributed by atoms with Crippen LogP contribution in [0.25, 0.3) is 0 Å². The lowest BCUT2D eigenvalue weighted by atomic mass is 10.1. The topological polar surface area (TPSA) is 91.7 Å². The van der Waals surface area contributed by atoms with E-state index < -0.39 is 5.92 Å². The van der Waals surface area contributed by atoms with Crippen LogP contribution in [-0.2, 0) is 16.1 Å². The molecule has 0 saturated carbocycles. The molecule has 4 rings (SSSR count). The summed E-state index contributed by atoms with van der Waals surface area (Å²) in [5, 5.41) is 5.57. The van der Waals surface area contributed by atoms with E-state index in [0.29, 0.717) is 16.9 Å². The van der Waals surface area contributed by atoms with Crippen LogP contribution in [0.1, 0.15) is 28.1 Å². The minimum Gasteiger partial charge on any atom is -0.459 e. The number of hydrogen-bond donors (Lipinski definition) is 2. The highest BCUT2D eigenvalue weighted by Gasteiger charge is 2.35. The number of benzene rings is 2. The molecule has 1 aliphatic rings. The van der Waals surface area contributed by atoms with Gasteiger partial charge in [0.15, 0.2) is 5.76 Å². The van der Waals surface area contributed by atoms with E-state index in [2.05, 4.69) is 10.6 Å².